The predicted octanol–water partition coefficient (Wildman–Crippen LogP) is 5.07. The lowest BCUT2D eigenvalue weighted by atomic mass is 10.1. The van der Waals surface area contributed by atoms with E-state index >= 15 is 0 Å². The molecule has 3 aromatic rings. The van der Waals surface area contributed by atoms with Crippen molar-refractivity contribution in [2.24, 2.45) is 4.99 Å². The summed E-state index contributed by atoms with van der Waals surface area (Å²) >= 11 is 0. The van der Waals surface area contributed by atoms with Gasteiger partial charge in [0.2, 0.25) is 0 Å². The molecule has 4 rings (SSSR count). The molecule has 0 aromatic heterocycles. The van der Waals surface area contributed by atoms with E-state index in [0.717, 1.165) is 5.56 Å². The molecule has 1 amide bonds. The van der Waals surface area contributed by atoms with Crippen molar-refractivity contribution in [1.29, 1.82) is 0 Å². The van der Waals surface area contributed by atoms with Gasteiger partial charge in [-0.2, -0.15) is 0 Å². The summed E-state index contributed by atoms with van der Waals surface area (Å²) in [6.45, 7) is 2.46. The van der Waals surface area contributed by atoms with Crippen molar-refractivity contribution in [2.45, 2.75) is 6.92 Å². The van der Waals surface area contributed by atoms with Gasteiger partial charge in [-0.05, 0) is 67.6 Å². The molecule has 1 heterocycles. The number of carbonyl (C=O) groups is 1. The van der Waals surface area contributed by atoms with E-state index in [0.29, 0.717) is 35.2 Å². The Labute approximate surface area is 180 Å². The molecule has 3 aromatic carbocycles. The predicted molar refractivity (Wildman–Crippen MR) is 119 cm³/mol. The quantitative estimate of drug-likeness (QED) is 0.528. The fraction of sp³-hybridized carbons (Fsp3) is 0.120. The zero-order valence-corrected chi connectivity index (χ0v) is 17.2. The largest absolute Gasteiger partial charge is 0.496 e. The van der Waals surface area contributed by atoms with Crippen molar-refractivity contribution in [3.05, 3.63) is 95.4 Å². The molecule has 0 saturated carbocycles. The summed E-state index contributed by atoms with van der Waals surface area (Å²) in [6.07, 6.45) is 1.69. The zero-order valence-electron chi connectivity index (χ0n) is 17.2. The third kappa shape index (κ3) is 4.19. The maximum atomic E-state index is 13.5. The molecule has 0 spiro atoms. The van der Waals surface area contributed by atoms with Crippen molar-refractivity contribution in [3.8, 4) is 11.5 Å². The van der Waals surface area contributed by atoms with E-state index < -0.39 is 0 Å². The first-order valence-corrected chi connectivity index (χ1v) is 9.87. The highest BCUT2D eigenvalue weighted by Crippen LogP contribution is 2.30. The van der Waals surface area contributed by atoms with Gasteiger partial charge < -0.3 is 9.47 Å². The van der Waals surface area contributed by atoms with Gasteiger partial charge in [0, 0.05) is 11.1 Å². The van der Waals surface area contributed by atoms with Crippen LogP contribution in [-0.2, 0) is 4.79 Å². The number of benzene rings is 3. The van der Waals surface area contributed by atoms with Crippen LogP contribution in [0.15, 0.2) is 83.5 Å². The molecule has 1 aliphatic heterocycles. The van der Waals surface area contributed by atoms with E-state index in [1.54, 1.807) is 49.6 Å². The Balaban J connectivity index is 1.79. The third-order valence-corrected chi connectivity index (χ3v) is 4.80. The second kappa shape index (κ2) is 8.83. The Morgan fingerprint density at radius 3 is 2.39 bits per heavy atom. The van der Waals surface area contributed by atoms with Crippen LogP contribution in [0.4, 0.5) is 10.1 Å². The third-order valence-electron chi connectivity index (χ3n) is 4.80. The highest BCUT2D eigenvalue weighted by molar-refractivity contribution is 6.33. The summed E-state index contributed by atoms with van der Waals surface area (Å²) < 4.78 is 24.4. The summed E-state index contributed by atoms with van der Waals surface area (Å²) in [4.78, 5) is 19.5. The summed E-state index contributed by atoms with van der Waals surface area (Å²) in [5, 5.41) is 0. The van der Waals surface area contributed by atoms with Crippen LogP contribution >= 0.6 is 0 Å². The number of ether oxygens (including phenoxy) is 2. The first-order valence-electron chi connectivity index (χ1n) is 9.87. The normalized spacial score (nSPS) is 14.7. The van der Waals surface area contributed by atoms with Crippen molar-refractivity contribution in [2.75, 3.05) is 18.6 Å². The Morgan fingerprint density at radius 1 is 1.00 bits per heavy atom. The fourth-order valence-electron chi connectivity index (χ4n) is 3.34. The van der Waals surface area contributed by atoms with Crippen LogP contribution in [0.25, 0.3) is 6.08 Å². The van der Waals surface area contributed by atoms with E-state index in [1.165, 1.54) is 17.0 Å². The summed E-state index contributed by atoms with van der Waals surface area (Å²) in [5.41, 5.74) is 2.27. The number of amides is 1. The van der Waals surface area contributed by atoms with Gasteiger partial charge in [-0.3, -0.25) is 9.69 Å². The van der Waals surface area contributed by atoms with Crippen molar-refractivity contribution in [1.82, 2.24) is 0 Å². The first-order chi connectivity index (χ1) is 15.1. The minimum atomic E-state index is -0.355. The van der Waals surface area contributed by atoms with Gasteiger partial charge in [0.15, 0.2) is 0 Å². The molecular weight excluding hydrogens is 395 g/mol. The SMILES string of the molecule is CCOc1ccc(N2C(=O)/C(=C\c3ccccc3OC)N=C2c2ccc(F)cc2)cc1. The molecule has 0 unspecified atom stereocenters. The van der Waals surface area contributed by atoms with Crippen LogP contribution in [0.1, 0.15) is 18.1 Å². The first kappa shape index (κ1) is 20.3. The molecule has 5 nitrogen and oxygen atoms in total. The molecule has 0 aliphatic carbocycles. The van der Waals surface area contributed by atoms with E-state index in [-0.39, 0.29) is 17.4 Å². The molecule has 0 fully saturated rings. The Bertz CT molecular complexity index is 1150. The van der Waals surface area contributed by atoms with Gasteiger partial charge in [0.05, 0.1) is 19.4 Å². The van der Waals surface area contributed by atoms with Crippen molar-refractivity contribution in [3.63, 3.8) is 0 Å². The molecule has 0 atom stereocenters. The number of carbonyl (C=O) groups excluding carboxylic acids is 1. The summed E-state index contributed by atoms with van der Waals surface area (Å²) in [5.74, 6) is 1.14. The molecule has 6 heteroatoms. The fourth-order valence-corrected chi connectivity index (χ4v) is 3.34. The average molecular weight is 416 g/mol. The van der Waals surface area contributed by atoms with Crippen molar-refractivity contribution < 1.29 is 18.7 Å². The lowest BCUT2D eigenvalue weighted by Gasteiger charge is -2.19. The van der Waals surface area contributed by atoms with Gasteiger partial charge in [0.1, 0.15) is 28.8 Å². The molecule has 1 aliphatic rings. The monoisotopic (exact) mass is 416 g/mol. The number of nitrogens with zero attached hydrogens (tertiary/aromatic N) is 2. The van der Waals surface area contributed by atoms with E-state index in [1.807, 2.05) is 31.2 Å². The molecule has 0 bridgehead atoms. The van der Waals surface area contributed by atoms with Gasteiger partial charge >= 0.3 is 0 Å². The number of para-hydroxylation sites is 1. The number of rotatable bonds is 6. The Morgan fingerprint density at radius 2 is 1.71 bits per heavy atom. The summed E-state index contributed by atoms with van der Waals surface area (Å²) in [6, 6.07) is 20.5. The molecule has 156 valence electrons. The van der Waals surface area contributed by atoms with E-state index in [2.05, 4.69) is 4.99 Å². The minimum Gasteiger partial charge on any atom is -0.496 e. The van der Waals surface area contributed by atoms with Gasteiger partial charge in [-0.25, -0.2) is 9.38 Å². The van der Waals surface area contributed by atoms with Gasteiger partial charge in [-0.15, -0.1) is 0 Å². The molecule has 0 radical (unpaired) electrons. The van der Waals surface area contributed by atoms with Gasteiger partial charge in [0.25, 0.3) is 5.91 Å². The highest BCUT2D eigenvalue weighted by Gasteiger charge is 2.32. The van der Waals surface area contributed by atoms with Crippen LogP contribution in [0.5, 0.6) is 11.5 Å². The van der Waals surface area contributed by atoms with Crippen LogP contribution < -0.4 is 14.4 Å². The molecular formula is C25H21FN2O3. The number of methoxy groups -OCH3 is 1. The van der Waals surface area contributed by atoms with Gasteiger partial charge in [-0.1, -0.05) is 18.2 Å². The lowest BCUT2D eigenvalue weighted by Crippen LogP contribution is -2.32. The maximum Gasteiger partial charge on any atom is 0.282 e. The zero-order chi connectivity index (χ0) is 21.8. The standard InChI is InChI=1S/C25H21FN2O3/c1-3-31-21-14-12-20(13-15-21)28-24(17-8-10-19(26)11-9-17)27-22(25(28)29)16-18-6-4-5-7-23(18)30-2/h4-16H,3H2,1-2H3/b22-16+. The van der Waals surface area contributed by atoms with Crippen LogP contribution in [-0.4, -0.2) is 25.5 Å². The lowest BCUT2D eigenvalue weighted by molar-refractivity contribution is -0.113. The van der Waals surface area contributed by atoms with Crippen LogP contribution in [0.2, 0.25) is 0 Å². The van der Waals surface area contributed by atoms with E-state index in [4.69, 9.17) is 9.47 Å². The van der Waals surface area contributed by atoms with Crippen LogP contribution in [0.3, 0.4) is 0 Å². The Hall–Kier alpha value is -3.93. The number of aliphatic imine (C=N–C) groups is 1. The molecule has 31 heavy (non-hydrogen) atoms. The van der Waals surface area contributed by atoms with Crippen molar-refractivity contribution >= 4 is 23.5 Å². The number of anilines is 1. The number of amidine groups is 1. The molecule has 0 N–H and O–H groups in total. The number of hydrogen-bond acceptors (Lipinski definition) is 4. The Kier molecular flexibility index (Phi) is 5.80. The highest BCUT2D eigenvalue weighted by atomic mass is 19.1. The average Bonchev–Trinajstić information content (AvgIpc) is 3.11. The second-order valence-electron chi connectivity index (χ2n) is 6.78. The molecule has 0 saturated heterocycles. The van der Waals surface area contributed by atoms with Crippen LogP contribution in [0, 0.1) is 5.82 Å². The number of hydrogen-bond donors (Lipinski definition) is 0. The van der Waals surface area contributed by atoms with E-state index in [9.17, 15) is 9.18 Å². The maximum absolute atomic E-state index is 13.5. The topological polar surface area (TPSA) is 51.1 Å². The number of halogens is 1. The second-order valence-corrected chi connectivity index (χ2v) is 6.78. The minimum absolute atomic E-state index is 0.262. The smallest absolute Gasteiger partial charge is 0.282 e. The summed E-state index contributed by atoms with van der Waals surface area (Å²) in [7, 11) is 1.58.